The lowest BCUT2D eigenvalue weighted by molar-refractivity contribution is 0.0866. The Labute approximate surface area is 111 Å². The number of halogens is 1. The summed E-state index contributed by atoms with van der Waals surface area (Å²) in [5.41, 5.74) is 3.41. The van der Waals surface area contributed by atoms with Gasteiger partial charge in [0.2, 0.25) is 0 Å². The van der Waals surface area contributed by atoms with E-state index in [4.69, 9.17) is 16.4 Å². The Morgan fingerprint density at radius 3 is 2.59 bits per heavy atom. The molecule has 0 aromatic heterocycles. The molecule has 0 aliphatic heterocycles. The second-order valence-electron chi connectivity index (χ2n) is 3.41. The third kappa shape index (κ3) is 3.86. The van der Waals surface area contributed by atoms with Crippen LogP contribution in [0.5, 0.6) is 0 Å². The SMILES string of the molecule is CONCc1cc(Cl)c(SC)c(S(C)(=O)=O)c1. The van der Waals surface area contributed by atoms with E-state index >= 15 is 0 Å². The van der Waals surface area contributed by atoms with Crippen molar-refractivity contribution in [1.29, 1.82) is 0 Å². The minimum atomic E-state index is -3.29. The Hall–Kier alpha value is -0.270. The number of rotatable bonds is 5. The van der Waals surface area contributed by atoms with Crippen LogP contribution in [-0.2, 0) is 21.2 Å². The standard InChI is InChI=1S/C10H14ClNO3S2/c1-15-12-6-7-4-8(11)10(16-2)9(5-7)17(3,13)14/h4-5,12H,6H2,1-3H3. The monoisotopic (exact) mass is 295 g/mol. The summed E-state index contributed by atoms with van der Waals surface area (Å²) in [4.78, 5) is 5.55. The Balaban J connectivity index is 3.29. The molecule has 1 aromatic carbocycles. The number of thioether (sulfide) groups is 1. The molecule has 1 N–H and O–H groups in total. The largest absolute Gasteiger partial charge is 0.305 e. The Kier molecular flexibility index (Phi) is 5.27. The molecule has 1 aromatic rings. The maximum atomic E-state index is 11.7. The van der Waals surface area contributed by atoms with Crippen molar-refractivity contribution >= 4 is 33.2 Å². The first-order chi connectivity index (χ1) is 7.90. The fourth-order valence-corrected chi connectivity index (χ4v) is 3.91. The van der Waals surface area contributed by atoms with Crippen LogP contribution < -0.4 is 5.48 Å². The lowest BCUT2D eigenvalue weighted by Crippen LogP contribution is -2.11. The third-order valence-corrected chi connectivity index (χ3v) is 4.60. The Bertz CT molecular complexity index is 503. The minimum absolute atomic E-state index is 0.255. The van der Waals surface area contributed by atoms with Crippen molar-refractivity contribution in [1.82, 2.24) is 5.48 Å². The van der Waals surface area contributed by atoms with Crippen LogP contribution in [0.1, 0.15) is 5.56 Å². The van der Waals surface area contributed by atoms with E-state index < -0.39 is 9.84 Å². The van der Waals surface area contributed by atoms with E-state index in [0.29, 0.717) is 16.5 Å². The van der Waals surface area contributed by atoms with Gasteiger partial charge in [0, 0.05) is 17.7 Å². The molecule has 0 aliphatic carbocycles. The summed E-state index contributed by atoms with van der Waals surface area (Å²) < 4.78 is 23.3. The van der Waals surface area contributed by atoms with Gasteiger partial charge in [-0.25, -0.2) is 8.42 Å². The average molecular weight is 296 g/mol. The maximum absolute atomic E-state index is 11.7. The normalized spacial score (nSPS) is 11.8. The molecule has 4 nitrogen and oxygen atoms in total. The lowest BCUT2D eigenvalue weighted by Gasteiger charge is -2.11. The molecule has 0 saturated heterocycles. The quantitative estimate of drug-likeness (QED) is 0.666. The molecule has 1 rings (SSSR count). The van der Waals surface area contributed by atoms with Crippen molar-refractivity contribution in [2.45, 2.75) is 16.3 Å². The molecule has 0 saturated carbocycles. The molecule has 0 amide bonds. The number of sulfone groups is 1. The Morgan fingerprint density at radius 2 is 2.12 bits per heavy atom. The second-order valence-corrected chi connectivity index (χ2v) is 6.61. The summed E-state index contributed by atoms with van der Waals surface area (Å²) in [6.07, 6.45) is 2.97. The molecule has 7 heteroatoms. The van der Waals surface area contributed by atoms with Gasteiger partial charge in [-0.05, 0) is 24.0 Å². The van der Waals surface area contributed by atoms with Crippen LogP contribution in [-0.4, -0.2) is 28.0 Å². The van der Waals surface area contributed by atoms with Crippen LogP contribution in [0, 0.1) is 0 Å². The first kappa shape index (κ1) is 14.8. The molecular weight excluding hydrogens is 282 g/mol. The van der Waals surface area contributed by atoms with E-state index in [-0.39, 0.29) is 4.90 Å². The average Bonchev–Trinajstić information content (AvgIpc) is 2.24. The number of hydrogen-bond acceptors (Lipinski definition) is 5. The van der Waals surface area contributed by atoms with Gasteiger partial charge in [-0.15, -0.1) is 11.8 Å². The van der Waals surface area contributed by atoms with Crippen molar-refractivity contribution in [3.63, 3.8) is 0 Å². The number of hydrogen-bond donors (Lipinski definition) is 1. The molecule has 0 fully saturated rings. The fraction of sp³-hybridized carbons (Fsp3) is 0.400. The van der Waals surface area contributed by atoms with Gasteiger partial charge >= 0.3 is 0 Å². The maximum Gasteiger partial charge on any atom is 0.176 e. The van der Waals surface area contributed by atoms with Gasteiger partial charge in [-0.2, -0.15) is 5.48 Å². The summed E-state index contributed by atoms with van der Waals surface area (Å²) in [6.45, 7) is 0.396. The molecule has 0 radical (unpaired) electrons. The summed E-state index contributed by atoms with van der Waals surface area (Å²) in [6, 6.07) is 3.34. The number of benzene rings is 1. The van der Waals surface area contributed by atoms with E-state index in [1.165, 1.54) is 25.1 Å². The molecular formula is C10H14ClNO3S2. The predicted molar refractivity (Wildman–Crippen MR) is 70.2 cm³/mol. The van der Waals surface area contributed by atoms with Gasteiger partial charge in [0.05, 0.1) is 17.0 Å². The van der Waals surface area contributed by atoms with Gasteiger partial charge in [0.15, 0.2) is 9.84 Å². The van der Waals surface area contributed by atoms with Gasteiger partial charge in [0.1, 0.15) is 0 Å². The lowest BCUT2D eigenvalue weighted by atomic mass is 10.2. The molecule has 0 aliphatic rings. The van der Waals surface area contributed by atoms with Crippen molar-refractivity contribution in [3.05, 3.63) is 22.7 Å². The first-order valence-corrected chi connectivity index (χ1v) is 8.22. The van der Waals surface area contributed by atoms with Crippen molar-refractivity contribution in [3.8, 4) is 0 Å². The topological polar surface area (TPSA) is 55.4 Å². The van der Waals surface area contributed by atoms with Crippen LogP contribution in [0.2, 0.25) is 5.02 Å². The molecule has 0 bridgehead atoms. The van der Waals surface area contributed by atoms with Crippen LogP contribution >= 0.6 is 23.4 Å². The van der Waals surface area contributed by atoms with E-state index in [2.05, 4.69) is 5.48 Å². The molecule has 0 atom stereocenters. The summed E-state index contributed by atoms with van der Waals surface area (Å²) in [5.74, 6) is 0. The second kappa shape index (κ2) is 6.06. The van der Waals surface area contributed by atoms with Crippen molar-refractivity contribution in [2.75, 3.05) is 19.6 Å². The van der Waals surface area contributed by atoms with Crippen LogP contribution in [0.15, 0.2) is 21.9 Å². The van der Waals surface area contributed by atoms with Gasteiger partial charge in [0.25, 0.3) is 0 Å². The molecule has 96 valence electrons. The van der Waals surface area contributed by atoms with Gasteiger partial charge in [-0.1, -0.05) is 11.6 Å². The fourth-order valence-electron chi connectivity index (χ4n) is 1.35. The number of hydroxylamine groups is 1. The number of nitrogens with one attached hydrogen (secondary N) is 1. The highest BCUT2D eigenvalue weighted by Gasteiger charge is 2.17. The van der Waals surface area contributed by atoms with Crippen molar-refractivity contribution < 1.29 is 13.3 Å². The van der Waals surface area contributed by atoms with Gasteiger partial charge in [-0.3, -0.25) is 0 Å². The predicted octanol–water partition coefficient (Wildman–Crippen LogP) is 2.12. The van der Waals surface area contributed by atoms with E-state index in [1.807, 2.05) is 0 Å². The highest BCUT2D eigenvalue weighted by atomic mass is 35.5. The zero-order valence-corrected chi connectivity index (χ0v) is 12.2. The molecule has 0 spiro atoms. The molecule has 0 unspecified atom stereocenters. The van der Waals surface area contributed by atoms with Crippen molar-refractivity contribution in [2.24, 2.45) is 0 Å². The van der Waals surface area contributed by atoms with E-state index in [1.54, 1.807) is 18.4 Å². The van der Waals surface area contributed by atoms with Gasteiger partial charge < -0.3 is 4.84 Å². The summed E-state index contributed by atoms with van der Waals surface area (Å²) in [7, 11) is -1.79. The van der Waals surface area contributed by atoms with Crippen LogP contribution in [0.25, 0.3) is 0 Å². The highest BCUT2D eigenvalue weighted by Crippen LogP contribution is 2.33. The summed E-state index contributed by atoms with van der Waals surface area (Å²) in [5, 5.41) is 0.438. The molecule has 0 heterocycles. The van der Waals surface area contributed by atoms with Crippen LogP contribution in [0.3, 0.4) is 0 Å². The zero-order valence-electron chi connectivity index (χ0n) is 9.78. The minimum Gasteiger partial charge on any atom is -0.305 e. The summed E-state index contributed by atoms with van der Waals surface area (Å²) >= 11 is 7.38. The zero-order chi connectivity index (χ0) is 13.1. The van der Waals surface area contributed by atoms with E-state index in [9.17, 15) is 8.42 Å². The molecule has 17 heavy (non-hydrogen) atoms. The van der Waals surface area contributed by atoms with Crippen LogP contribution in [0.4, 0.5) is 0 Å². The Morgan fingerprint density at radius 1 is 1.47 bits per heavy atom. The van der Waals surface area contributed by atoms with E-state index in [0.717, 1.165) is 5.56 Å². The highest BCUT2D eigenvalue weighted by molar-refractivity contribution is 7.99. The first-order valence-electron chi connectivity index (χ1n) is 4.72. The smallest absolute Gasteiger partial charge is 0.176 e. The third-order valence-electron chi connectivity index (χ3n) is 2.09.